The van der Waals surface area contributed by atoms with Crippen molar-refractivity contribution in [1.29, 1.82) is 0 Å². The number of hydrogen-bond donors (Lipinski definition) is 2. The van der Waals surface area contributed by atoms with Gasteiger partial charge in [-0.1, -0.05) is 6.92 Å². The van der Waals surface area contributed by atoms with E-state index in [1.165, 1.54) is 28.4 Å². The van der Waals surface area contributed by atoms with Crippen LogP contribution in [-0.2, 0) is 18.4 Å². The van der Waals surface area contributed by atoms with Crippen molar-refractivity contribution in [3.8, 4) is 0 Å². The number of fused-ring (bicyclic) bond motifs is 1. The Bertz CT molecular complexity index is 393. The summed E-state index contributed by atoms with van der Waals surface area (Å²) < 4.78 is 0. The predicted molar refractivity (Wildman–Crippen MR) is 71.3 cm³/mol. The van der Waals surface area contributed by atoms with E-state index in [4.69, 9.17) is 10.7 Å². The van der Waals surface area contributed by atoms with Crippen molar-refractivity contribution in [2.24, 2.45) is 11.7 Å². The molecule has 3 N–H and O–H groups in total. The van der Waals surface area contributed by atoms with Crippen molar-refractivity contribution in [2.75, 3.05) is 13.1 Å². The maximum Gasteiger partial charge on any atom is 0.113 e. The molecule has 0 spiro atoms. The number of thiazole rings is 1. The molecule has 1 aliphatic heterocycles. The normalized spacial score (nSPS) is 32.7. The monoisotopic (exact) mass is 251 g/mol. The molecule has 2 heterocycles. The van der Waals surface area contributed by atoms with E-state index in [1.54, 1.807) is 0 Å². The second kappa shape index (κ2) is 4.34. The molecular formula is C13H21N3S. The van der Waals surface area contributed by atoms with Crippen molar-refractivity contribution in [2.45, 2.75) is 44.6 Å². The van der Waals surface area contributed by atoms with Gasteiger partial charge in [-0.2, -0.15) is 0 Å². The van der Waals surface area contributed by atoms with Crippen LogP contribution in [0.2, 0.25) is 0 Å². The van der Waals surface area contributed by atoms with Crippen LogP contribution in [-0.4, -0.2) is 18.1 Å². The molecule has 1 aromatic rings. The van der Waals surface area contributed by atoms with Crippen LogP contribution >= 0.6 is 11.3 Å². The lowest BCUT2D eigenvalue weighted by atomic mass is 9.78. The Balaban J connectivity index is 1.94. The van der Waals surface area contributed by atoms with Crippen molar-refractivity contribution in [3.05, 3.63) is 15.6 Å². The molecule has 1 aliphatic carbocycles. The summed E-state index contributed by atoms with van der Waals surface area (Å²) in [6.07, 6.45) is 5.82. The number of rotatable bonds is 2. The Labute approximate surface area is 107 Å². The fraction of sp³-hybridized carbons (Fsp3) is 0.769. The van der Waals surface area contributed by atoms with Gasteiger partial charge in [-0.25, -0.2) is 4.98 Å². The average Bonchev–Trinajstić information content (AvgIpc) is 2.89. The summed E-state index contributed by atoms with van der Waals surface area (Å²) in [6.45, 7) is 4.30. The number of piperidine rings is 1. The first-order valence-corrected chi connectivity index (χ1v) is 7.54. The van der Waals surface area contributed by atoms with E-state index < -0.39 is 0 Å². The smallest absolute Gasteiger partial charge is 0.113 e. The Morgan fingerprint density at radius 3 is 3.18 bits per heavy atom. The quantitative estimate of drug-likeness (QED) is 0.843. The fourth-order valence-electron chi connectivity index (χ4n) is 3.14. The molecule has 2 aliphatic rings. The van der Waals surface area contributed by atoms with Gasteiger partial charge >= 0.3 is 0 Å². The molecule has 3 nitrogen and oxygen atoms in total. The second-order valence-corrected chi connectivity index (χ2v) is 6.43. The SMILES string of the molecule is CCC1CNCCC1(N)c1nc2c(s1)CCC2. The highest BCUT2D eigenvalue weighted by atomic mass is 32.1. The lowest BCUT2D eigenvalue weighted by molar-refractivity contribution is 0.199. The van der Waals surface area contributed by atoms with Gasteiger partial charge in [0.2, 0.25) is 0 Å². The zero-order chi connectivity index (χ0) is 11.9. The molecule has 2 unspecified atom stereocenters. The van der Waals surface area contributed by atoms with Gasteiger partial charge in [0.05, 0.1) is 11.2 Å². The Hall–Kier alpha value is -0.450. The van der Waals surface area contributed by atoms with Crippen molar-refractivity contribution < 1.29 is 0 Å². The number of aryl methyl sites for hydroxylation is 2. The van der Waals surface area contributed by atoms with Crippen molar-refractivity contribution >= 4 is 11.3 Å². The number of aromatic nitrogens is 1. The maximum absolute atomic E-state index is 6.70. The molecule has 1 fully saturated rings. The molecule has 2 atom stereocenters. The summed E-state index contributed by atoms with van der Waals surface area (Å²) in [4.78, 5) is 6.35. The molecule has 0 saturated carbocycles. The highest BCUT2D eigenvalue weighted by molar-refractivity contribution is 7.12. The summed E-state index contributed by atoms with van der Waals surface area (Å²) in [5, 5.41) is 4.66. The third kappa shape index (κ3) is 1.83. The fourth-order valence-corrected chi connectivity index (χ4v) is 4.50. The highest BCUT2D eigenvalue weighted by Gasteiger charge is 2.41. The molecule has 0 amide bonds. The van der Waals surface area contributed by atoms with E-state index in [0.717, 1.165) is 32.4 Å². The van der Waals surface area contributed by atoms with Gasteiger partial charge < -0.3 is 11.1 Å². The Morgan fingerprint density at radius 2 is 2.41 bits per heavy atom. The summed E-state index contributed by atoms with van der Waals surface area (Å²) in [5.74, 6) is 0.530. The van der Waals surface area contributed by atoms with E-state index in [-0.39, 0.29) is 5.54 Å². The Morgan fingerprint density at radius 1 is 1.53 bits per heavy atom. The number of nitrogens with two attached hydrogens (primary N) is 1. The van der Waals surface area contributed by atoms with Crippen LogP contribution in [0.25, 0.3) is 0 Å². The minimum atomic E-state index is -0.172. The van der Waals surface area contributed by atoms with Crippen LogP contribution < -0.4 is 11.1 Å². The van der Waals surface area contributed by atoms with Crippen LogP contribution in [0.4, 0.5) is 0 Å². The van der Waals surface area contributed by atoms with Gasteiger partial charge in [-0.15, -0.1) is 11.3 Å². The van der Waals surface area contributed by atoms with E-state index in [1.807, 2.05) is 11.3 Å². The first-order chi connectivity index (χ1) is 8.24. The molecule has 0 aromatic carbocycles. The lowest BCUT2D eigenvalue weighted by Crippen LogP contribution is -2.53. The number of nitrogens with one attached hydrogen (secondary N) is 1. The van der Waals surface area contributed by atoms with E-state index in [2.05, 4.69) is 12.2 Å². The lowest BCUT2D eigenvalue weighted by Gasteiger charge is -2.39. The Kier molecular flexibility index (Phi) is 2.97. The largest absolute Gasteiger partial charge is 0.319 e. The topological polar surface area (TPSA) is 50.9 Å². The van der Waals surface area contributed by atoms with E-state index in [9.17, 15) is 0 Å². The molecule has 3 rings (SSSR count). The summed E-state index contributed by atoms with van der Waals surface area (Å²) >= 11 is 1.88. The zero-order valence-corrected chi connectivity index (χ0v) is 11.3. The number of hydrogen-bond acceptors (Lipinski definition) is 4. The van der Waals surface area contributed by atoms with E-state index in [0.29, 0.717) is 5.92 Å². The molecule has 4 heteroatoms. The second-order valence-electron chi connectivity index (χ2n) is 5.34. The van der Waals surface area contributed by atoms with Gasteiger partial charge in [-0.3, -0.25) is 0 Å². The van der Waals surface area contributed by atoms with Crippen LogP contribution in [0.1, 0.15) is 41.8 Å². The number of nitrogens with zero attached hydrogens (tertiary/aromatic N) is 1. The third-order valence-corrected chi connectivity index (χ3v) is 5.67. The van der Waals surface area contributed by atoms with Gasteiger partial charge in [-0.05, 0) is 44.6 Å². The first kappa shape index (κ1) is 11.6. The average molecular weight is 251 g/mol. The van der Waals surface area contributed by atoms with Gasteiger partial charge in [0, 0.05) is 11.4 Å². The van der Waals surface area contributed by atoms with Crippen LogP contribution in [0.3, 0.4) is 0 Å². The molecule has 17 heavy (non-hydrogen) atoms. The van der Waals surface area contributed by atoms with Crippen LogP contribution in [0, 0.1) is 5.92 Å². The predicted octanol–water partition coefficient (Wildman–Crippen LogP) is 1.81. The van der Waals surface area contributed by atoms with Gasteiger partial charge in [0.1, 0.15) is 5.01 Å². The molecular weight excluding hydrogens is 230 g/mol. The van der Waals surface area contributed by atoms with E-state index >= 15 is 0 Å². The standard InChI is InChI=1S/C13H21N3S/c1-2-9-8-15-7-6-13(9,14)12-16-10-4-3-5-11(10)17-12/h9,15H,2-8,14H2,1H3. The highest BCUT2D eigenvalue weighted by Crippen LogP contribution is 2.39. The minimum absolute atomic E-state index is 0.172. The van der Waals surface area contributed by atoms with Gasteiger partial charge in [0.25, 0.3) is 0 Å². The van der Waals surface area contributed by atoms with Crippen molar-refractivity contribution in [1.82, 2.24) is 10.3 Å². The summed E-state index contributed by atoms with van der Waals surface area (Å²) in [7, 11) is 0. The molecule has 1 saturated heterocycles. The first-order valence-electron chi connectivity index (χ1n) is 6.72. The van der Waals surface area contributed by atoms with Crippen molar-refractivity contribution in [3.63, 3.8) is 0 Å². The van der Waals surface area contributed by atoms with Gasteiger partial charge in [0.15, 0.2) is 0 Å². The molecule has 0 radical (unpaired) electrons. The maximum atomic E-state index is 6.70. The molecule has 94 valence electrons. The molecule has 0 bridgehead atoms. The molecule has 1 aromatic heterocycles. The zero-order valence-electron chi connectivity index (χ0n) is 10.5. The summed E-state index contributed by atoms with van der Waals surface area (Å²) in [6, 6.07) is 0. The van der Waals surface area contributed by atoms with Crippen LogP contribution in [0.5, 0.6) is 0 Å². The third-order valence-electron chi connectivity index (χ3n) is 4.32. The van der Waals surface area contributed by atoms with Crippen LogP contribution in [0.15, 0.2) is 0 Å². The minimum Gasteiger partial charge on any atom is -0.319 e. The summed E-state index contributed by atoms with van der Waals surface area (Å²) in [5.41, 5.74) is 7.87.